The number of nitrogens with two attached hydrogens (primary N) is 1. The predicted octanol–water partition coefficient (Wildman–Crippen LogP) is 2.22. The van der Waals surface area contributed by atoms with Crippen molar-refractivity contribution in [2.75, 3.05) is 6.61 Å². The lowest BCUT2D eigenvalue weighted by Crippen LogP contribution is -2.28. The Labute approximate surface area is 107 Å². The molecule has 2 atom stereocenters. The van der Waals surface area contributed by atoms with Gasteiger partial charge >= 0.3 is 0 Å². The molecule has 1 aliphatic heterocycles. The summed E-state index contributed by atoms with van der Waals surface area (Å²) in [5.41, 5.74) is 4.01. The van der Waals surface area contributed by atoms with Crippen molar-refractivity contribution in [3.05, 3.63) is 15.6 Å². The second-order valence-electron chi connectivity index (χ2n) is 4.61. The van der Waals surface area contributed by atoms with Crippen LogP contribution in [0.15, 0.2) is 0 Å². The molecule has 0 saturated carbocycles. The summed E-state index contributed by atoms with van der Waals surface area (Å²) >= 11 is 1.74. The van der Waals surface area contributed by atoms with Gasteiger partial charge in [-0.2, -0.15) is 0 Å². The number of nitrogens with one attached hydrogen (secondary N) is 1. The van der Waals surface area contributed by atoms with Gasteiger partial charge in [-0.1, -0.05) is 0 Å². The molecule has 0 bridgehead atoms. The van der Waals surface area contributed by atoms with E-state index in [1.807, 2.05) is 6.92 Å². The largest absolute Gasteiger partial charge is 0.378 e. The number of hydrazine groups is 1. The molecule has 2 heterocycles. The quantitative estimate of drug-likeness (QED) is 0.625. The van der Waals surface area contributed by atoms with E-state index < -0.39 is 0 Å². The molecule has 17 heavy (non-hydrogen) atoms. The summed E-state index contributed by atoms with van der Waals surface area (Å²) in [5.74, 6) is 5.66. The maximum absolute atomic E-state index is 5.66. The third-order valence-corrected chi connectivity index (χ3v) is 4.44. The summed E-state index contributed by atoms with van der Waals surface area (Å²) in [4.78, 5) is 5.72. The minimum absolute atomic E-state index is 0.213. The second kappa shape index (κ2) is 5.91. The first-order chi connectivity index (χ1) is 8.20. The summed E-state index contributed by atoms with van der Waals surface area (Å²) < 4.78 is 5.64. The highest BCUT2D eigenvalue weighted by Gasteiger charge is 2.20. The maximum Gasteiger partial charge on any atom is 0.0900 e. The van der Waals surface area contributed by atoms with E-state index in [1.165, 1.54) is 17.7 Å². The molecule has 0 radical (unpaired) electrons. The van der Waals surface area contributed by atoms with Gasteiger partial charge in [0.2, 0.25) is 0 Å². The minimum Gasteiger partial charge on any atom is -0.378 e. The van der Waals surface area contributed by atoms with Gasteiger partial charge in [-0.3, -0.25) is 11.3 Å². The van der Waals surface area contributed by atoms with Gasteiger partial charge in [0.25, 0.3) is 0 Å². The van der Waals surface area contributed by atoms with E-state index in [4.69, 9.17) is 10.6 Å². The summed E-state index contributed by atoms with van der Waals surface area (Å²) in [7, 11) is 0. The number of ether oxygens (including phenoxy) is 1. The highest BCUT2D eigenvalue weighted by atomic mass is 32.1. The monoisotopic (exact) mass is 255 g/mol. The Hall–Kier alpha value is -0.490. The summed E-state index contributed by atoms with van der Waals surface area (Å²) in [5, 5.41) is 1.11. The Morgan fingerprint density at radius 1 is 1.59 bits per heavy atom. The van der Waals surface area contributed by atoms with E-state index in [-0.39, 0.29) is 6.04 Å². The lowest BCUT2D eigenvalue weighted by atomic mass is 10.0. The second-order valence-corrected chi connectivity index (χ2v) is 5.85. The number of hydrogen-bond donors (Lipinski definition) is 2. The van der Waals surface area contributed by atoms with E-state index in [2.05, 4.69) is 17.3 Å². The average molecular weight is 255 g/mol. The molecule has 1 aliphatic rings. The Morgan fingerprint density at radius 2 is 2.41 bits per heavy atom. The van der Waals surface area contributed by atoms with Crippen LogP contribution in [0.2, 0.25) is 0 Å². The highest BCUT2D eigenvalue weighted by Crippen LogP contribution is 2.29. The molecule has 96 valence electrons. The first kappa shape index (κ1) is 13.0. The minimum atomic E-state index is 0.213. The van der Waals surface area contributed by atoms with Crippen LogP contribution in [0.1, 0.15) is 47.3 Å². The predicted molar refractivity (Wildman–Crippen MR) is 69.9 cm³/mol. The van der Waals surface area contributed by atoms with Crippen molar-refractivity contribution in [1.29, 1.82) is 0 Å². The fourth-order valence-electron chi connectivity index (χ4n) is 2.39. The average Bonchev–Trinajstić information content (AvgIpc) is 2.90. The van der Waals surface area contributed by atoms with Crippen LogP contribution in [-0.2, 0) is 4.74 Å². The van der Waals surface area contributed by atoms with Crippen LogP contribution in [0, 0.1) is 13.8 Å². The van der Waals surface area contributed by atoms with Crippen molar-refractivity contribution in [1.82, 2.24) is 10.4 Å². The van der Waals surface area contributed by atoms with Crippen LogP contribution >= 0.6 is 11.3 Å². The van der Waals surface area contributed by atoms with Crippen molar-refractivity contribution in [2.24, 2.45) is 5.84 Å². The lowest BCUT2D eigenvalue weighted by Gasteiger charge is -2.17. The number of aromatic nitrogens is 1. The van der Waals surface area contributed by atoms with Crippen LogP contribution in [0.25, 0.3) is 0 Å². The standard InChI is InChI=1S/C12H21N3OS/c1-8-12(17-9(2)14-8)11(15-13)6-5-10-4-3-7-16-10/h10-11,15H,3-7,13H2,1-2H3. The first-order valence-corrected chi connectivity index (χ1v) is 7.04. The summed E-state index contributed by atoms with van der Waals surface area (Å²) in [6.45, 7) is 5.01. The Bertz CT molecular complexity index is 361. The molecule has 1 aromatic rings. The van der Waals surface area contributed by atoms with Gasteiger partial charge in [-0.25, -0.2) is 4.98 Å². The van der Waals surface area contributed by atoms with E-state index in [1.54, 1.807) is 11.3 Å². The van der Waals surface area contributed by atoms with E-state index in [0.29, 0.717) is 6.10 Å². The molecule has 2 unspecified atom stereocenters. The van der Waals surface area contributed by atoms with Crippen molar-refractivity contribution in [3.63, 3.8) is 0 Å². The number of hydrogen-bond acceptors (Lipinski definition) is 5. The smallest absolute Gasteiger partial charge is 0.0900 e. The molecule has 1 saturated heterocycles. The molecule has 4 nitrogen and oxygen atoms in total. The lowest BCUT2D eigenvalue weighted by molar-refractivity contribution is 0.0997. The molecule has 1 aromatic heterocycles. The molecule has 5 heteroatoms. The van der Waals surface area contributed by atoms with E-state index in [9.17, 15) is 0 Å². The topological polar surface area (TPSA) is 60.2 Å². The molecular weight excluding hydrogens is 234 g/mol. The fourth-order valence-corrected chi connectivity index (χ4v) is 3.41. The van der Waals surface area contributed by atoms with Crippen LogP contribution in [0.3, 0.4) is 0 Å². The van der Waals surface area contributed by atoms with E-state index >= 15 is 0 Å². The normalized spacial score (nSPS) is 21.9. The first-order valence-electron chi connectivity index (χ1n) is 6.22. The van der Waals surface area contributed by atoms with Crippen LogP contribution in [0.4, 0.5) is 0 Å². The fraction of sp³-hybridized carbons (Fsp3) is 0.750. The zero-order valence-corrected chi connectivity index (χ0v) is 11.3. The summed E-state index contributed by atoms with van der Waals surface area (Å²) in [6.07, 6.45) is 4.91. The number of rotatable bonds is 5. The molecule has 2 rings (SSSR count). The van der Waals surface area contributed by atoms with E-state index in [0.717, 1.165) is 30.2 Å². The van der Waals surface area contributed by atoms with Crippen LogP contribution in [0.5, 0.6) is 0 Å². The number of nitrogens with zero attached hydrogens (tertiary/aromatic N) is 1. The third kappa shape index (κ3) is 3.25. The van der Waals surface area contributed by atoms with Crippen LogP contribution < -0.4 is 11.3 Å². The van der Waals surface area contributed by atoms with Gasteiger partial charge in [0.15, 0.2) is 0 Å². The van der Waals surface area contributed by atoms with Crippen molar-refractivity contribution < 1.29 is 4.74 Å². The Kier molecular flexibility index (Phi) is 4.50. The van der Waals surface area contributed by atoms with Gasteiger partial charge in [-0.15, -0.1) is 11.3 Å². The molecule has 0 spiro atoms. The Morgan fingerprint density at radius 3 is 2.94 bits per heavy atom. The van der Waals surface area contributed by atoms with Crippen molar-refractivity contribution >= 4 is 11.3 Å². The maximum atomic E-state index is 5.66. The molecule has 3 N–H and O–H groups in total. The van der Waals surface area contributed by atoms with Crippen LogP contribution in [-0.4, -0.2) is 17.7 Å². The Balaban J connectivity index is 1.93. The van der Waals surface area contributed by atoms with Gasteiger partial charge in [0.1, 0.15) is 0 Å². The number of thiazole rings is 1. The zero-order valence-electron chi connectivity index (χ0n) is 10.5. The molecular formula is C12H21N3OS. The molecule has 0 amide bonds. The zero-order chi connectivity index (χ0) is 12.3. The SMILES string of the molecule is Cc1nc(C)c(C(CCC2CCCO2)NN)s1. The van der Waals surface area contributed by atoms with Crippen molar-refractivity contribution in [2.45, 2.75) is 51.7 Å². The van der Waals surface area contributed by atoms with Gasteiger partial charge in [-0.05, 0) is 39.5 Å². The number of aryl methyl sites for hydroxylation is 2. The van der Waals surface area contributed by atoms with Gasteiger partial charge < -0.3 is 4.74 Å². The highest BCUT2D eigenvalue weighted by molar-refractivity contribution is 7.11. The molecule has 1 fully saturated rings. The molecule has 0 aliphatic carbocycles. The molecule has 0 aromatic carbocycles. The summed E-state index contributed by atoms with van der Waals surface area (Å²) in [6, 6.07) is 0.213. The third-order valence-electron chi connectivity index (χ3n) is 3.26. The van der Waals surface area contributed by atoms with Gasteiger partial charge in [0, 0.05) is 11.5 Å². The van der Waals surface area contributed by atoms with Gasteiger partial charge in [0.05, 0.1) is 22.8 Å². The van der Waals surface area contributed by atoms with Crippen molar-refractivity contribution in [3.8, 4) is 0 Å².